The number of anilines is 1. The minimum Gasteiger partial charge on any atom is -0.309 e. The maximum absolute atomic E-state index is 13.0. The second kappa shape index (κ2) is 4.64. The van der Waals surface area contributed by atoms with Crippen LogP contribution >= 0.6 is 0 Å². The molecule has 1 unspecified atom stereocenters. The van der Waals surface area contributed by atoms with Crippen LogP contribution in [0, 0.1) is 0 Å². The molecule has 3 aliphatic heterocycles. The molecule has 3 amide bonds. The summed E-state index contributed by atoms with van der Waals surface area (Å²) < 4.78 is 0. The van der Waals surface area contributed by atoms with Crippen LogP contribution < -0.4 is 15.5 Å². The van der Waals surface area contributed by atoms with Crippen molar-refractivity contribution in [1.29, 1.82) is 0 Å². The molecule has 1 fully saturated rings. The standard InChI is InChI=1S/C18H15N3O3/c22-14-6-5-13(17(23)20-14)21-12-4-2-10-8-19-7-9-1-3-11(18(21)24)16(12)15(9)10/h1-4,13,19H,5-8H2,(H,20,22,23). The van der Waals surface area contributed by atoms with Gasteiger partial charge in [-0.15, -0.1) is 0 Å². The number of benzene rings is 2. The van der Waals surface area contributed by atoms with Crippen LogP contribution in [0.4, 0.5) is 5.69 Å². The summed E-state index contributed by atoms with van der Waals surface area (Å²) in [5, 5.41) is 7.78. The first-order valence-electron chi connectivity index (χ1n) is 8.10. The average Bonchev–Trinajstić information content (AvgIpc) is 2.87. The number of piperidine rings is 1. The Kier molecular flexibility index (Phi) is 2.65. The third-order valence-corrected chi connectivity index (χ3v) is 5.17. The normalized spacial score (nSPS) is 22.2. The Morgan fingerprint density at radius 2 is 1.71 bits per heavy atom. The molecular weight excluding hydrogens is 306 g/mol. The van der Waals surface area contributed by atoms with Gasteiger partial charge in [-0.05, 0) is 35.1 Å². The van der Waals surface area contributed by atoms with E-state index in [0.717, 1.165) is 29.5 Å². The molecule has 0 spiro atoms. The molecule has 1 atom stereocenters. The molecule has 0 saturated carbocycles. The van der Waals surface area contributed by atoms with Gasteiger partial charge in [0, 0.05) is 30.5 Å². The quantitative estimate of drug-likeness (QED) is 0.774. The topological polar surface area (TPSA) is 78.5 Å². The molecule has 0 radical (unpaired) electrons. The van der Waals surface area contributed by atoms with Crippen LogP contribution in [-0.4, -0.2) is 23.8 Å². The minimum absolute atomic E-state index is 0.151. The van der Waals surface area contributed by atoms with E-state index in [0.29, 0.717) is 12.0 Å². The van der Waals surface area contributed by atoms with Crippen molar-refractivity contribution >= 4 is 34.2 Å². The molecule has 6 heteroatoms. The van der Waals surface area contributed by atoms with Crippen molar-refractivity contribution in [3.63, 3.8) is 0 Å². The molecule has 1 saturated heterocycles. The molecule has 2 aromatic carbocycles. The third kappa shape index (κ3) is 1.66. The maximum Gasteiger partial charge on any atom is 0.259 e. The number of imide groups is 1. The van der Waals surface area contributed by atoms with Crippen LogP contribution in [-0.2, 0) is 22.7 Å². The van der Waals surface area contributed by atoms with Gasteiger partial charge in [-0.3, -0.25) is 24.6 Å². The molecule has 0 aromatic heterocycles. The number of nitrogens with zero attached hydrogens (tertiary/aromatic N) is 1. The van der Waals surface area contributed by atoms with E-state index in [4.69, 9.17) is 0 Å². The molecule has 2 aromatic rings. The van der Waals surface area contributed by atoms with Gasteiger partial charge in [-0.2, -0.15) is 0 Å². The van der Waals surface area contributed by atoms with Crippen molar-refractivity contribution in [2.75, 3.05) is 4.90 Å². The molecule has 3 aliphatic rings. The number of nitrogens with one attached hydrogen (secondary N) is 2. The Morgan fingerprint density at radius 1 is 0.958 bits per heavy atom. The summed E-state index contributed by atoms with van der Waals surface area (Å²) in [5.41, 5.74) is 3.79. The first-order chi connectivity index (χ1) is 11.6. The van der Waals surface area contributed by atoms with Crippen molar-refractivity contribution in [2.24, 2.45) is 0 Å². The Morgan fingerprint density at radius 3 is 2.46 bits per heavy atom. The van der Waals surface area contributed by atoms with Gasteiger partial charge in [0.15, 0.2) is 0 Å². The highest BCUT2D eigenvalue weighted by Gasteiger charge is 2.41. The van der Waals surface area contributed by atoms with Crippen molar-refractivity contribution in [2.45, 2.75) is 32.0 Å². The van der Waals surface area contributed by atoms with E-state index >= 15 is 0 Å². The van der Waals surface area contributed by atoms with Crippen molar-refractivity contribution in [1.82, 2.24) is 10.6 Å². The molecule has 3 heterocycles. The Labute approximate surface area is 137 Å². The monoisotopic (exact) mass is 321 g/mol. The molecule has 0 aliphatic carbocycles. The highest BCUT2D eigenvalue weighted by Crippen LogP contribution is 2.43. The number of rotatable bonds is 1. The largest absolute Gasteiger partial charge is 0.309 e. The van der Waals surface area contributed by atoms with E-state index in [-0.39, 0.29) is 18.2 Å². The highest BCUT2D eigenvalue weighted by molar-refractivity contribution is 6.28. The van der Waals surface area contributed by atoms with Gasteiger partial charge >= 0.3 is 0 Å². The van der Waals surface area contributed by atoms with Crippen LogP contribution in [0.3, 0.4) is 0 Å². The zero-order valence-electron chi connectivity index (χ0n) is 12.9. The molecule has 0 bridgehead atoms. The van der Waals surface area contributed by atoms with Crippen molar-refractivity contribution in [3.05, 3.63) is 41.0 Å². The molecule has 5 rings (SSSR count). The first-order valence-corrected chi connectivity index (χ1v) is 8.10. The first kappa shape index (κ1) is 13.7. The molecule has 24 heavy (non-hydrogen) atoms. The lowest BCUT2D eigenvalue weighted by Crippen LogP contribution is -2.53. The van der Waals surface area contributed by atoms with Crippen LogP contribution in [0.5, 0.6) is 0 Å². The lowest BCUT2D eigenvalue weighted by molar-refractivity contribution is -0.134. The van der Waals surface area contributed by atoms with E-state index < -0.39 is 11.9 Å². The Balaban J connectivity index is 1.71. The zero-order valence-corrected chi connectivity index (χ0v) is 12.9. The van der Waals surface area contributed by atoms with Gasteiger partial charge in [0.1, 0.15) is 6.04 Å². The number of amides is 3. The van der Waals surface area contributed by atoms with E-state index in [1.54, 1.807) is 4.90 Å². The van der Waals surface area contributed by atoms with Crippen LogP contribution in [0.25, 0.3) is 10.8 Å². The number of carbonyl (C=O) groups is 3. The smallest absolute Gasteiger partial charge is 0.259 e. The lowest BCUT2D eigenvalue weighted by Gasteiger charge is -2.30. The summed E-state index contributed by atoms with van der Waals surface area (Å²) in [5.74, 6) is -0.816. The van der Waals surface area contributed by atoms with Gasteiger partial charge in [-0.1, -0.05) is 12.1 Å². The van der Waals surface area contributed by atoms with E-state index in [1.807, 2.05) is 24.3 Å². The Bertz CT molecular complexity index is 940. The molecule has 6 nitrogen and oxygen atoms in total. The summed E-state index contributed by atoms with van der Waals surface area (Å²) in [4.78, 5) is 38.2. The summed E-state index contributed by atoms with van der Waals surface area (Å²) in [7, 11) is 0. The SMILES string of the molecule is O=C1CCC(N2C(=O)c3ccc4c5c(ccc2c35)CNC4)C(=O)N1. The number of hydrogen-bond donors (Lipinski definition) is 2. The zero-order chi connectivity index (χ0) is 16.4. The predicted octanol–water partition coefficient (Wildman–Crippen LogP) is 1.21. The summed E-state index contributed by atoms with van der Waals surface area (Å²) >= 11 is 0. The fourth-order valence-corrected chi connectivity index (χ4v) is 4.11. The minimum atomic E-state index is -0.624. The van der Waals surface area contributed by atoms with Gasteiger partial charge in [0.2, 0.25) is 11.8 Å². The average molecular weight is 321 g/mol. The van der Waals surface area contributed by atoms with Gasteiger partial charge in [0.05, 0.1) is 5.69 Å². The molecule has 120 valence electrons. The predicted molar refractivity (Wildman–Crippen MR) is 87.5 cm³/mol. The fraction of sp³-hybridized carbons (Fsp3) is 0.278. The van der Waals surface area contributed by atoms with Gasteiger partial charge in [0.25, 0.3) is 5.91 Å². The van der Waals surface area contributed by atoms with E-state index in [9.17, 15) is 14.4 Å². The van der Waals surface area contributed by atoms with Crippen LogP contribution in [0.15, 0.2) is 24.3 Å². The second-order valence-electron chi connectivity index (χ2n) is 6.51. The van der Waals surface area contributed by atoms with Gasteiger partial charge in [-0.25, -0.2) is 0 Å². The van der Waals surface area contributed by atoms with E-state index in [1.165, 1.54) is 11.1 Å². The lowest BCUT2D eigenvalue weighted by atomic mass is 9.93. The molecule has 2 N–H and O–H groups in total. The van der Waals surface area contributed by atoms with Crippen LogP contribution in [0.2, 0.25) is 0 Å². The second-order valence-corrected chi connectivity index (χ2v) is 6.51. The molecular formula is C18H15N3O3. The van der Waals surface area contributed by atoms with E-state index in [2.05, 4.69) is 10.6 Å². The Hall–Kier alpha value is -2.73. The fourth-order valence-electron chi connectivity index (χ4n) is 4.11. The number of hydrogen-bond acceptors (Lipinski definition) is 4. The maximum atomic E-state index is 13.0. The van der Waals surface area contributed by atoms with Crippen molar-refractivity contribution in [3.8, 4) is 0 Å². The van der Waals surface area contributed by atoms with Gasteiger partial charge < -0.3 is 5.32 Å². The summed E-state index contributed by atoms with van der Waals surface area (Å²) in [6, 6.07) is 7.16. The van der Waals surface area contributed by atoms with Crippen LogP contribution in [0.1, 0.15) is 34.3 Å². The number of carbonyl (C=O) groups excluding carboxylic acids is 3. The summed E-state index contributed by atoms with van der Waals surface area (Å²) in [6.07, 6.45) is 0.620. The summed E-state index contributed by atoms with van der Waals surface area (Å²) in [6.45, 7) is 1.56. The third-order valence-electron chi connectivity index (χ3n) is 5.17. The van der Waals surface area contributed by atoms with Crippen molar-refractivity contribution < 1.29 is 14.4 Å². The highest BCUT2D eigenvalue weighted by atomic mass is 16.2.